The standard InChI is InChI=1S/C7H10N2OS2/c8-5-6(11)7(12)9-1-3-10-4-2-9/h11-12H,1-4H2. The van der Waals surface area contributed by atoms with Gasteiger partial charge in [0.05, 0.1) is 18.2 Å². The van der Waals surface area contributed by atoms with Gasteiger partial charge in [-0.15, -0.1) is 25.3 Å². The zero-order valence-electron chi connectivity index (χ0n) is 6.53. The molecule has 66 valence electrons. The maximum absolute atomic E-state index is 8.54. The Morgan fingerprint density at radius 3 is 2.42 bits per heavy atom. The minimum Gasteiger partial charge on any atom is -0.378 e. The van der Waals surface area contributed by atoms with Crippen LogP contribution >= 0.6 is 25.3 Å². The summed E-state index contributed by atoms with van der Waals surface area (Å²) in [5.41, 5.74) is 0. The summed E-state index contributed by atoms with van der Waals surface area (Å²) in [7, 11) is 0. The second-order valence-electron chi connectivity index (χ2n) is 2.38. The second-order valence-corrected chi connectivity index (χ2v) is 3.25. The van der Waals surface area contributed by atoms with Gasteiger partial charge in [-0.3, -0.25) is 0 Å². The highest BCUT2D eigenvalue weighted by Crippen LogP contribution is 2.17. The molecule has 0 radical (unpaired) electrons. The molecule has 1 saturated heterocycles. The van der Waals surface area contributed by atoms with Gasteiger partial charge in [-0.2, -0.15) is 5.26 Å². The van der Waals surface area contributed by atoms with Crippen LogP contribution in [-0.2, 0) is 4.74 Å². The number of rotatable bonds is 1. The van der Waals surface area contributed by atoms with Crippen molar-refractivity contribution in [2.24, 2.45) is 0 Å². The number of ether oxygens (including phenoxy) is 1. The number of nitriles is 1. The Hall–Kier alpha value is -0.310. The predicted molar refractivity (Wildman–Crippen MR) is 53.0 cm³/mol. The number of hydrogen-bond donors (Lipinski definition) is 2. The first kappa shape index (κ1) is 9.78. The zero-order chi connectivity index (χ0) is 8.97. The molecule has 0 aromatic heterocycles. The van der Waals surface area contributed by atoms with Crippen molar-refractivity contribution >= 4 is 25.3 Å². The molecule has 1 aliphatic heterocycles. The highest BCUT2D eigenvalue weighted by molar-refractivity contribution is 7.88. The van der Waals surface area contributed by atoms with E-state index in [9.17, 15) is 0 Å². The lowest BCUT2D eigenvalue weighted by molar-refractivity contribution is 0.0577. The van der Waals surface area contributed by atoms with E-state index >= 15 is 0 Å². The predicted octanol–water partition coefficient (Wildman–Crippen LogP) is 0.871. The minimum atomic E-state index is 0.361. The lowest BCUT2D eigenvalue weighted by Gasteiger charge is -2.28. The van der Waals surface area contributed by atoms with E-state index < -0.39 is 0 Å². The van der Waals surface area contributed by atoms with E-state index in [0.29, 0.717) is 23.1 Å². The van der Waals surface area contributed by atoms with E-state index in [2.05, 4.69) is 25.3 Å². The quantitative estimate of drug-likeness (QED) is 0.489. The van der Waals surface area contributed by atoms with Crippen LogP contribution in [-0.4, -0.2) is 31.2 Å². The molecule has 1 aliphatic rings. The van der Waals surface area contributed by atoms with Crippen molar-refractivity contribution in [2.45, 2.75) is 0 Å². The molecule has 0 amide bonds. The van der Waals surface area contributed by atoms with Crippen LogP contribution in [0.15, 0.2) is 9.93 Å². The largest absolute Gasteiger partial charge is 0.378 e. The fourth-order valence-electron chi connectivity index (χ4n) is 0.975. The van der Waals surface area contributed by atoms with Crippen LogP contribution in [0, 0.1) is 11.3 Å². The maximum Gasteiger partial charge on any atom is 0.112 e. The lowest BCUT2D eigenvalue weighted by atomic mass is 10.4. The zero-order valence-corrected chi connectivity index (χ0v) is 8.31. The average Bonchev–Trinajstić information content (AvgIpc) is 2.17. The van der Waals surface area contributed by atoms with Gasteiger partial charge in [-0.25, -0.2) is 0 Å². The molecule has 1 heterocycles. The van der Waals surface area contributed by atoms with Crippen molar-refractivity contribution < 1.29 is 4.74 Å². The third kappa shape index (κ3) is 2.34. The van der Waals surface area contributed by atoms with Crippen molar-refractivity contribution in [3.8, 4) is 6.07 Å². The Bertz CT molecular complexity index is 228. The molecule has 0 aliphatic carbocycles. The highest BCUT2D eigenvalue weighted by Gasteiger charge is 2.13. The van der Waals surface area contributed by atoms with E-state index in [1.165, 1.54) is 0 Å². The van der Waals surface area contributed by atoms with Gasteiger partial charge < -0.3 is 9.64 Å². The highest BCUT2D eigenvalue weighted by atomic mass is 32.1. The van der Waals surface area contributed by atoms with Crippen LogP contribution in [0.1, 0.15) is 0 Å². The van der Waals surface area contributed by atoms with Crippen molar-refractivity contribution in [3.63, 3.8) is 0 Å². The fraction of sp³-hybridized carbons (Fsp3) is 0.571. The molecule has 3 nitrogen and oxygen atoms in total. The molecule has 0 saturated carbocycles. The minimum absolute atomic E-state index is 0.361. The molecule has 0 spiro atoms. The van der Waals surface area contributed by atoms with Crippen LogP contribution < -0.4 is 0 Å². The van der Waals surface area contributed by atoms with E-state index in [1.807, 2.05) is 11.0 Å². The van der Waals surface area contributed by atoms with Gasteiger partial charge in [0.1, 0.15) is 11.0 Å². The molecule has 1 rings (SSSR count). The van der Waals surface area contributed by atoms with Gasteiger partial charge >= 0.3 is 0 Å². The third-order valence-electron chi connectivity index (χ3n) is 1.63. The van der Waals surface area contributed by atoms with Crippen LogP contribution in [0.5, 0.6) is 0 Å². The van der Waals surface area contributed by atoms with E-state index in [0.717, 1.165) is 13.1 Å². The van der Waals surface area contributed by atoms with Gasteiger partial charge in [0.25, 0.3) is 0 Å². The topological polar surface area (TPSA) is 36.3 Å². The fourth-order valence-corrected chi connectivity index (χ4v) is 1.37. The molecule has 12 heavy (non-hydrogen) atoms. The molecule has 0 N–H and O–H groups in total. The molecule has 0 aromatic carbocycles. The summed E-state index contributed by atoms with van der Waals surface area (Å²) in [6, 6.07) is 1.95. The number of thiol groups is 2. The molecular weight excluding hydrogens is 192 g/mol. The monoisotopic (exact) mass is 202 g/mol. The second kappa shape index (κ2) is 4.65. The van der Waals surface area contributed by atoms with Gasteiger partial charge in [-0.05, 0) is 0 Å². The lowest BCUT2D eigenvalue weighted by Crippen LogP contribution is -2.34. The Morgan fingerprint density at radius 2 is 1.92 bits per heavy atom. The SMILES string of the molecule is N#CC(S)=C(S)N1CCOCC1. The first-order valence-electron chi connectivity index (χ1n) is 3.60. The normalized spacial score (nSPS) is 19.9. The van der Waals surface area contributed by atoms with Gasteiger partial charge in [-0.1, -0.05) is 0 Å². The van der Waals surface area contributed by atoms with Crippen LogP contribution in [0.4, 0.5) is 0 Å². The van der Waals surface area contributed by atoms with Crippen molar-refractivity contribution in [1.29, 1.82) is 5.26 Å². The summed E-state index contributed by atoms with van der Waals surface area (Å²) in [5, 5.41) is 9.19. The summed E-state index contributed by atoms with van der Waals surface area (Å²) >= 11 is 8.19. The van der Waals surface area contributed by atoms with Crippen molar-refractivity contribution in [2.75, 3.05) is 26.3 Å². The Morgan fingerprint density at radius 1 is 1.33 bits per heavy atom. The van der Waals surface area contributed by atoms with Crippen molar-refractivity contribution in [3.05, 3.63) is 9.93 Å². The molecule has 5 heteroatoms. The van der Waals surface area contributed by atoms with Gasteiger partial charge in [0.15, 0.2) is 0 Å². The average molecular weight is 202 g/mol. The van der Waals surface area contributed by atoms with Crippen molar-refractivity contribution in [1.82, 2.24) is 4.90 Å². The molecule has 0 atom stereocenters. The Labute approximate surface area is 82.8 Å². The summed E-state index contributed by atoms with van der Waals surface area (Å²) in [6.07, 6.45) is 0. The third-order valence-corrected chi connectivity index (χ3v) is 2.62. The summed E-state index contributed by atoms with van der Waals surface area (Å²) in [5.74, 6) is 0. The maximum atomic E-state index is 8.54. The van der Waals surface area contributed by atoms with E-state index in [-0.39, 0.29) is 0 Å². The number of nitrogens with zero attached hydrogens (tertiary/aromatic N) is 2. The number of morpholine rings is 1. The first-order valence-corrected chi connectivity index (χ1v) is 4.50. The Kier molecular flexibility index (Phi) is 3.79. The molecule has 0 unspecified atom stereocenters. The van der Waals surface area contributed by atoms with Crippen LogP contribution in [0.2, 0.25) is 0 Å². The summed E-state index contributed by atoms with van der Waals surface area (Å²) < 4.78 is 5.16. The molecule has 1 fully saturated rings. The van der Waals surface area contributed by atoms with Gasteiger partial charge in [0, 0.05) is 13.1 Å². The summed E-state index contributed by atoms with van der Waals surface area (Å²) in [6.45, 7) is 2.95. The number of allylic oxidation sites excluding steroid dienone is 1. The van der Waals surface area contributed by atoms with E-state index in [1.54, 1.807) is 0 Å². The molecule has 0 bridgehead atoms. The smallest absolute Gasteiger partial charge is 0.112 e. The van der Waals surface area contributed by atoms with Crippen LogP contribution in [0.25, 0.3) is 0 Å². The molecular formula is C7H10N2OS2. The molecule has 0 aromatic rings. The summed E-state index contributed by atoms with van der Waals surface area (Å²) in [4.78, 5) is 2.35. The Balaban J connectivity index is 2.63. The number of hydrogen-bond acceptors (Lipinski definition) is 5. The first-order chi connectivity index (χ1) is 5.75. The van der Waals surface area contributed by atoms with Crippen LogP contribution in [0.3, 0.4) is 0 Å². The van der Waals surface area contributed by atoms with Gasteiger partial charge in [0.2, 0.25) is 0 Å². The van der Waals surface area contributed by atoms with E-state index in [4.69, 9.17) is 10.00 Å².